The van der Waals surface area contributed by atoms with Crippen molar-refractivity contribution in [1.82, 2.24) is 14.9 Å². The Bertz CT molecular complexity index is 1330. The van der Waals surface area contributed by atoms with Crippen LogP contribution in [0.25, 0.3) is 10.9 Å². The highest BCUT2D eigenvalue weighted by atomic mass is 16.5. The van der Waals surface area contributed by atoms with Gasteiger partial charge >= 0.3 is 0 Å². The molecule has 1 amide bonds. The number of nitrogens with two attached hydrogens (primary N) is 1. The minimum absolute atomic E-state index is 0.114. The SMILES string of the molecule is C[C@H]1OCc2c1c(N)nc1ccc(C(=O)N(CC3=CCCOC3)Cc3ccc(C#N)cn3)cc21. The Kier molecular flexibility index (Phi) is 5.97. The van der Waals surface area contributed by atoms with Crippen LogP contribution in [0.4, 0.5) is 5.82 Å². The second kappa shape index (κ2) is 9.21. The molecule has 0 unspecified atom stereocenters. The molecule has 0 bridgehead atoms. The number of amides is 1. The summed E-state index contributed by atoms with van der Waals surface area (Å²) in [4.78, 5) is 24.4. The quantitative estimate of drug-likeness (QED) is 0.584. The van der Waals surface area contributed by atoms with E-state index in [0.717, 1.165) is 34.0 Å². The summed E-state index contributed by atoms with van der Waals surface area (Å²) in [5, 5.41) is 9.94. The Morgan fingerprint density at radius 2 is 2.15 bits per heavy atom. The number of ether oxygens (including phenoxy) is 2. The topological polar surface area (TPSA) is 114 Å². The lowest BCUT2D eigenvalue weighted by molar-refractivity contribution is 0.0740. The second-order valence-corrected chi connectivity index (χ2v) is 8.59. The maximum Gasteiger partial charge on any atom is 0.254 e. The van der Waals surface area contributed by atoms with E-state index in [1.807, 2.05) is 19.1 Å². The van der Waals surface area contributed by atoms with Gasteiger partial charge in [-0.1, -0.05) is 6.08 Å². The highest BCUT2D eigenvalue weighted by Gasteiger charge is 2.26. The van der Waals surface area contributed by atoms with Crippen LogP contribution in [0.2, 0.25) is 0 Å². The third kappa shape index (κ3) is 4.23. The molecule has 0 saturated heterocycles. The highest BCUT2D eigenvalue weighted by molar-refractivity contribution is 5.99. The highest BCUT2D eigenvalue weighted by Crippen LogP contribution is 2.38. The number of hydrogen-bond acceptors (Lipinski definition) is 7. The van der Waals surface area contributed by atoms with Crippen molar-refractivity contribution in [2.75, 3.05) is 25.5 Å². The lowest BCUT2D eigenvalue weighted by Gasteiger charge is -2.25. The molecule has 5 rings (SSSR count). The van der Waals surface area contributed by atoms with Crippen molar-refractivity contribution >= 4 is 22.6 Å². The van der Waals surface area contributed by atoms with Crippen molar-refractivity contribution in [2.45, 2.75) is 32.6 Å². The van der Waals surface area contributed by atoms with Gasteiger partial charge in [-0.15, -0.1) is 0 Å². The monoisotopic (exact) mass is 455 g/mol. The molecule has 0 fully saturated rings. The zero-order valence-corrected chi connectivity index (χ0v) is 19.0. The molecule has 172 valence electrons. The van der Waals surface area contributed by atoms with Gasteiger partial charge in [0.25, 0.3) is 5.91 Å². The summed E-state index contributed by atoms with van der Waals surface area (Å²) in [6, 6.07) is 11.1. The zero-order valence-electron chi connectivity index (χ0n) is 19.0. The molecule has 8 nitrogen and oxygen atoms in total. The van der Waals surface area contributed by atoms with Gasteiger partial charge in [0.1, 0.15) is 11.9 Å². The maximum atomic E-state index is 13.7. The fraction of sp³-hybridized carbons (Fsp3) is 0.308. The van der Waals surface area contributed by atoms with Gasteiger partial charge in [0.2, 0.25) is 0 Å². The van der Waals surface area contributed by atoms with Gasteiger partial charge in [0, 0.05) is 29.3 Å². The van der Waals surface area contributed by atoms with Crippen LogP contribution in [0.1, 0.15) is 52.2 Å². The zero-order chi connectivity index (χ0) is 23.7. The number of nitrogen functional groups attached to an aromatic ring is 1. The van der Waals surface area contributed by atoms with Crippen molar-refractivity contribution in [3.8, 4) is 6.07 Å². The molecule has 0 spiro atoms. The lowest BCUT2D eigenvalue weighted by Crippen LogP contribution is -2.34. The van der Waals surface area contributed by atoms with Gasteiger partial charge in [-0.3, -0.25) is 9.78 Å². The first-order chi connectivity index (χ1) is 16.5. The summed E-state index contributed by atoms with van der Waals surface area (Å²) >= 11 is 0. The molecular formula is C26H25N5O3. The van der Waals surface area contributed by atoms with Crippen molar-refractivity contribution in [3.05, 3.63) is 76.1 Å². The van der Waals surface area contributed by atoms with Crippen molar-refractivity contribution in [2.24, 2.45) is 0 Å². The molecule has 34 heavy (non-hydrogen) atoms. The number of rotatable bonds is 5. The molecule has 0 radical (unpaired) electrons. The van der Waals surface area contributed by atoms with Crippen LogP contribution < -0.4 is 5.73 Å². The van der Waals surface area contributed by atoms with Crippen LogP contribution in [0.15, 0.2) is 48.2 Å². The predicted octanol–water partition coefficient (Wildman–Crippen LogP) is 3.66. The van der Waals surface area contributed by atoms with Gasteiger partial charge in [-0.2, -0.15) is 5.26 Å². The summed E-state index contributed by atoms with van der Waals surface area (Å²) in [5.41, 5.74) is 11.6. The summed E-state index contributed by atoms with van der Waals surface area (Å²) in [7, 11) is 0. The average molecular weight is 456 g/mol. The number of hydrogen-bond donors (Lipinski definition) is 1. The van der Waals surface area contributed by atoms with Crippen molar-refractivity contribution in [1.29, 1.82) is 5.26 Å². The Morgan fingerprint density at radius 1 is 1.26 bits per heavy atom. The van der Waals surface area contributed by atoms with E-state index in [4.69, 9.17) is 20.5 Å². The van der Waals surface area contributed by atoms with E-state index in [2.05, 4.69) is 22.1 Å². The first-order valence-electron chi connectivity index (χ1n) is 11.3. The predicted molar refractivity (Wildman–Crippen MR) is 127 cm³/mol. The standard InChI is InChI=1S/C26H25N5O3/c1-16-24-22(15-34-16)21-9-19(5-7-23(21)30-25(24)28)26(32)31(12-18-3-2-8-33-14-18)13-20-6-4-17(10-27)11-29-20/h3-7,9,11,16H,2,8,12-15H2,1H3,(H2,28,30)/t16-/m1/s1. The first kappa shape index (κ1) is 22.0. The fourth-order valence-corrected chi connectivity index (χ4v) is 4.52. The number of anilines is 1. The third-order valence-electron chi connectivity index (χ3n) is 6.27. The number of aromatic nitrogens is 2. The minimum Gasteiger partial charge on any atom is -0.383 e. The van der Waals surface area contributed by atoms with Crippen LogP contribution in [-0.2, 0) is 22.6 Å². The molecule has 1 atom stereocenters. The maximum absolute atomic E-state index is 13.7. The number of nitriles is 1. The molecule has 2 aliphatic rings. The van der Waals surface area contributed by atoms with Crippen LogP contribution in [0.5, 0.6) is 0 Å². The number of fused-ring (bicyclic) bond motifs is 3. The van der Waals surface area contributed by atoms with Gasteiger partial charge in [0.05, 0.1) is 49.2 Å². The number of carbonyl (C=O) groups excluding carboxylic acids is 1. The molecule has 2 N–H and O–H groups in total. The molecule has 0 aliphatic carbocycles. The number of pyridine rings is 2. The Labute approximate surface area is 197 Å². The van der Waals surface area contributed by atoms with Gasteiger partial charge in [-0.05, 0) is 54.8 Å². The van der Waals surface area contributed by atoms with E-state index in [1.165, 1.54) is 6.20 Å². The number of nitrogens with zero attached hydrogens (tertiary/aromatic N) is 4. The van der Waals surface area contributed by atoms with Gasteiger partial charge < -0.3 is 20.1 Å². The molecule has 3 aromatic rings. The van der Waals surface area contributed by atoms with Gasteiger partial charge in [0.15, 0.2) is 0 Å². The minimum atomic E-state index is -0.122. The summed E-state index contributed by atoms with van der Waals surface area (Å²) in [6.07, 6.45) is 4.37. The number of benzene rings is 1. The second-order valence-electron chi connectivity index (χ2n) is 8.59. The average Bonchev–Trinajstić information content (AvgIpc) is 3.26. The van der Waals surface area contributed by atoms with E-state index in [9.17, 15) is 4.79 Å². The van der Waals surface area contributed by atoms with Crippen molar-refractivity contribution < 1.29 is 14.3 Å². The first-order valence-corrected chi connectivity index (χ1v) is 11.3. The Balaban J connectivity index is 1.50. The smallest absolute Gasteiger partial charge is 0.254 e. The van der Waals surface area contributed by atoms with E-state index >= 15 is 0 Å². The normalized spacial score (nSPS) is 17.2. The van der Waals surface area contributed by atoms with Crippen LogP contribution in [0.3, 0.4) is 0 Å². The molecule has 1 aromatic carbocycles. The summed E-state index contributed by atoms with van der Waals surface area (Å²) in [5.74, 6) is 0.362. The molecule has 4 heterocycles. The van der Waals surface area contributed by atoms with E-state index < -0.39 is 0 Å². The van der Waals surface area contributed by atoms with E-state index in [-0.39, 0.29) is 12.0 Å². The van der Waals surface area contributed by atoms with Crippen LogP contribution >= 0.6 is 0 Å². The molecule has 8 heteroatoms. The molecule has 0 saturated carbocycles. The third-order valence-corrected chi connectivity index (χ3v) is 6.27. The Morgan fingerprint density at radius 3 is 2.88 bits per heavy atom. The van der Waals surface area contributed by atoms with E-state index in [1.54, 1.807) is 23.1 Å². The van der Waals surface area contributed by atoms with Crippen LogP contribution in [0, 0.1) is 11.3 Å². The van der Waals surface area contributed by atoms with Crippen LogP contribution in [-0.4, -0.2) is 40.5 Å². The largest absolute Gasteiger partial charge is 0.383 e. The fourth-order valence-electron chi connectivity index (χ4n) is 4.52. The molecular weight excluding hydrogens is 430 g/mol. The number of carbonyl (C=O) groups is 1. The Hall–Kier alpha value is -3.80. The molecule has 2 aromatic heterocycles. The van der Waals surface area contributed by atoms with E-state index in [0.29, 0.717) is 55.5 Å². The summed E-state index contributed by atoms with van der Waals surface area (Å²) < 4.78 is 11.4. The molecule has 2 aliphatic heterocycles. The lowest BCUT2D eigenvalue weighted by atomic mass is 10.00. The van der Waals surface area contributed by atoms with Gasteiger partial charge in [-0.25, -0.2) is 4.98 Å². The van der Waals surface area contributed by atoms with Crippen molar-refractivity contribution in [3.63, 3.8) is 0 Å². The summed E-state index contributed by atoms with van der Waals surface area (Å²) in [6.45, 7) is 4.36.